The molecule has 0 aliphatic carbocycles. The van der Waals surface area contributed by atoms with Crippen molar-refractivity contribution in [1.29, 1.82) is 0 Å². The molecule has 0 bridgehead atoms. The number of nitrogens with zero attached hydrogens (tertiary/aromatic N) is 3. The molecule has 0 saturated heterocycles. The maximum atomic E-state index is 11.7. The molecule has 0 unspecified atom stereocenters. The van der Waals surface area contributed by atoms with Gasteiger partial charge in [-0.15, -0.1) is 0 Å². The Morgan fingerprint density at radius 1 is 1.08 bits per heavy atom. The molecule has 0 fully saturated rings. The molecule has 1 aromatic heterocycles. The molecule has 0 aliphatic rings. The van der Waals surface area contributed by atoms with Crippen LogP contribution in [0.4, 0.5) is 28.8 Å². The van der Waals surface area contributed by atoms with Crippen LogP contribution in [0.2, 0.25) is 5.02 Å². The van der Waals surface area contributed by atoms with Crippen molar-refractivity contribution >= 4 is 50.5 Å². The van der Waals surface area contributed by atoms with Gasteiger partial charge in [-0.05, 0) is 51.1 Å². The van der Waals surface area contributed by atoms with Gasteiger partial charge in [0.2, 0.25) is 16.0 Å². The molecular weight excluding hydrogens is 528 g/mol. The minimum Gasteiger partial charge on any atom is -0.495 e. The van der Waals surface area contributed by atoms with E-state index in [9.17, 15) is 8.42 Å². The number of rotatable bonds is 14. The fraction of sp³-hybridized carbons (Fsp3) is 0.385. The van der Waals surface area contributed by atoms with Crippen molar-refractivity contribution in [3.8, 4) is 11.5 Å². The molecule has 3 aromatic rings. The number of ether oxygens (including phenoxy) is 2. The van der Waals surface area contributed by atoms with Crippen LogP contribution in [0.15, 0.2) is 48.7 Å². The highest BCUT2D eigenvalue weighted by atomic mass is 35.5. The monoisotopic (exact) mass is 562 g/mol. The van der Waals surface area contributed by atoms with Crippen molar-refractivity contribution < 1.29 is 17.9 Å². The third-order valence-electron chi connectivity index (χ3n) is 5.63. The minimum absolute atomic E-state index is 0.260. The zero-order chi connectivity index (χ0) is 27.7. The first kappa shape index (κ1) is 29.3. The van der Waals surface area contributed by atoms with Gasteiger partial charge in [-0.25, -0.2) is 13.4 Å². The van der Waals surface area contributed by atoms with E-state index in [4.69, 9.17) is 21.1 Å². The first-order chi connectivity index (χ1) is 18.1. The lowest BCUT2D eigenvalue weighted by atomic mass is 10.2. The van der Waals surface area contributed by atoms with Crippen molar-refractivity contribution in [2.45, 2.75) is 33.2 Å². The lowest BCUT2D eigenvalue weighted by molar-refractivity contribution is 0.207. The van der Waals surface area contributed by atoms with E-state index in [0.717, 1.165) is 25.8 Å². The normalized spacial score (nSPS) is 11.5. The van der Waals surface area contributed by atoms with Crippen molar-refractivity contribution in [2.24, 2.45) is 0 Å². The lowest BCUT2D eigenvalue weighted by Crippen LogP contribution is -2.32. The van der Waals surface area contributed by atoms with E-state index in [2.05, 4.69) is 51.0 Å². The Morgan fingerprint density at radius 2 is 1.82 bits per heavy atom. The molecule has 0 radical (unpaired) electrons. The Bertz CT molecular complexity index is 1320. The molecular formula is C26H35ClN6O4S. The van der Waals surface area contributed by atoms with Gasteiger partial charge in [0.15, 0.2) is 5.82 Å². The second-order valence-electron chi connectivity index (χ2n) is 8.85. The summed E-state index contributed by atoms with van der Waals surface area (Å²) in [5.74, 6) is 1.83. The molecule has 2 aromatic carbocycles. The number of para-hydroxylation sites is 2. The summed E-state index contributed by atoms with van der Waals surface area (Å²) in [6.07, 6.45) is 3.44. The number of aromatic nitrogens is 2. The Balaban J connectivity index is 1.75. The summed E-state index contributed by atoms with van der Waals surface area (Å²) in [6, 6.07) is 12.8. The number of hydrogen-bond acceptors (Lipinski definition) is 9. The number of halogens is 1. The van der Waals surface area contributed by atoms with Crippen molar-refractivity contribution in [2.75, 3.05) is 48.4 Å². The van der Waals surface area contributed by atoms with E-state index in [1.54, 1.807) is 31.4 Å². The van der Waals surface area contributed by atoms with Crippen LogP contribution in [0.3, 0.4) is 0 Å². The number of benzene rings is 2. The van der Waals surface area contributed by atoms with Gasteiger partial charge in [-0.1, -0.05) is 30.7 Å². The molecule has 0 amide bonds. The molecule has 10 nitrogen and oxygen atoms in total. The number of sulfonamides is 1. The van der Waals surface area contributed by atoms with Gasteiger partial charge in [0, 0.05) is 18.7 Å². The Kier molecular flexibility index (Phi) is 10.4. The highest BCUT2D eigenvalue weighted by Gasteiger charge is 2.13. The highest BCUT2D eigenvalue weighted by Crippen LogP contribution is 2.33. The Hall–Kier alpha value is -3.28. The third-order valence-corrected chi connectivity index (χ3v) is 6.50. The van der Waals surface area contributed by atoms with Crippen LogP contribution in [0.1, 0.15) is 27.2 Å². The molecule has 1 heterocycles. The van der Waals surface area contributed by atoms with Gasteiger partial charge in [0.25, 0.3) is 0 Å². The van der Waals surface area contributed by atoms with Crippen LogP contribution in [0, 0.1) is 0 Å². The quantitative estimate of drug-likeness (QED) is 0.219. The predicted octanol–water partition coefficient (Wildman–Crippen LogP) is 5.50. The van der Waals surface area contributed by atoms with E-state index in [0.29, 0.717) is 47.0 Å². The van der Waals surface area contributed by atoms with Crippen molar-refractivity contribution in [1.82, 2.24) is 14.9 Å². The van der Waals surface area contributed by atoms with E-state index in [1.165, 1.54) is 6.20 Å². The number of anilines is 5. The Morgan fingerprint density at radius 3 is 2.47 bits per heavy atom. The topological polar surface area (TPSA) is 118 Å². The summed E-state index contributed by atoms with van der Waals surface area (Å²) < 4.78 is 37.4. The van der Waals surface area contributed by atoms with Crippen LogP contribution >= 0.6 is 11.6 Å². The summed E-state index contributed by atoms with van der Waals surface area (Å²) in [5, 5.41) is 6.49. The maximum absolute atomic E-state index is 11.7. The zero-order valence-corrected chi connectivity index (χ0v) is 23.9. The van der Waals surface area contributed by atoms with E-state index >= 15 is 0 Å². The fourth-order valence-corrected chi connectivity index (χ4v) is 4.47. The molecule has 0 spiro atoms. The zero-order valence-electron chi connectivity index (χ0n) is 22.3. The first-order valence-electron chi connectivity index (χ1n) is 12.3. The summed E-state index contributed by atoms with van der Waals surface area (Å²) in [6.45, 7) is 9.10. The minimum atomic E-state index is -3.48. The molecule has 12 heteroatoms. The predicted molar refractivity (Wildman–Crippen MR) is 154 cm³/mol. The van der Waals surface area contributed by atoms with Gasteiger partial charge in [0.1, 0.15) is 16.5 Å². The summed E-state index contributed by atoms with van der Waals surface area (Å²) in [5.41, 5.74) is 1.47. The van der Waals surface area contributed by atoms with Crippen LogP contribution in [-0.2, 0) is 10.0 Å². The maximum Gasteiger partial charge on any atom is 0.229 e. The summed E-state index contributed by atoms with van der Waals surface area (Å²) in [4.78, 5) is 11.2. The van der Waals surface area contributed by atoms with Crippen LogP contribution in [0.25, 0.3) is 0 Å². The average molecular weight is 563 g/mol. The lowest BCUT2D eigenvalue weighted by Gasteiger charge is -2.24. The van der Waals surface area contributed by atoms with E-state index in [-0.39, 0.29) is 11.0 Å². The summed E-state index contributed by atoms with van der Waals surface area (Å²) >= 11 is 6.34. The molecule has 0 atom stereocenters. The van der Waals surface area contributed by atoms with E-state index in [1.807, 2.05) is 18.2 Å². The Labute approximate surface area is 229 Å². The van der Waals surface area contributed by atoms with Crippen LogP contribution in [-0.4, -0.2) is 62.4 Å². The largest absolute Gasteiger partial charge is 0.495 e. The van der Waals surface area contributed by atoms with Gasteiger partial charge in [0.05, 0.1) is 43.2 Å². The molecule has 3 rings (SSSR count). The van der Waals surface area contributed by atoms with Crippen molar-refractivity contribution in [3.05, 3.63) is 53.7 Å². The van der Waals surface area contributed by atoms with Gasteiger partial charge >= 0.3 is 0 Å². The van der Waals surface area contributed by atoms with Crippen LogP contribution in [0.5, 0.6) is 11.5 Å². The van der Waals surface area contributed by atoms with Crippen molar-refractivity contribution in [3.63, 3.8) is 0 Å². The smallest absolute Gasteiger partial charge is 0.229 e. The molecule has 206 valence electrons. The van der Waals surface area contributed by atoms with Gasteiger partial charge in [-0.2, -0.15) is 4.98 Å². The van der Waals surface area contributed by atoms with Crippen LogP contribution < -0.4 is 24.8 Å². The number of hydrogen-bond donors (Lipinski definition) is 3. The van der Waals surface area contributed by atoms with Gasteiger partial charge in [-0.3, -0.25) is 4.72 Å². The average Bonchev–Trinajstić information content (AvgIpc) is 2.86. The molecule has 0 aliphatic heterocycles. The molecule has 0 saturated carbocycles. The fourth-order valence-electron chi connectivity index (χ4n) is 3.76. The second kappa shape index (κ2) is 13.5. The standard InChI is InChI=1S/C26H35ClN6O4S/c1-6-33(18(2)3)14-9-15-37-19-12-13-24(36-4)23(16-19)30-26-28-17-20(27)25(31-26)29-21-10-7-8-11-22(21)32-38(5,34)35/h7-8,10-13,16-18,32H,6,9,14-15H2,1-5H3,(H2,28,29,30,31). The molecule has 3 N–H and O–H groups in total. The number of methoxy groups -OCH3 is 1. The number of nitrogens with one attached hydrogen (secondary N) is 3. The first-order valence-corrected chi connectivity index (χ1v) is 14.5. The summed E-state index contributed by atoms with van der Waals surface area (Å²) in [7, 11) is -1.90. The second-order valence-corrected chi connectivity index (χ2v) is 11.0. The van der Waals surface area contributed by atoms with E-state index < -0.39 is 10.0 Å². The third kappa shape index (κ3) is 8.64. The SMILES string of the molecule is CCN(CCCOc1ccc(OC)c(Nc2ncc(Cl)c(Nc3ccccc3NS(C)(=O)=O)n2)c1)C(C)C. The molecule has 38 heavy (non-hydrogen) atoms. The highest BCUT2D eigenvalue weighted by molar-refractivity contribution is 7.92. The van der Waals surface area contributed by atoms with Gasteiger partial charge < -0.3 is 25.0 Å².